The maximum atomic E-state index is 14.7. The lowest BCUT2D eigenvalue weighted by Crippen LogP contribution is -2.20. The van der Waals surface area contributed by atoms with Crippen LogP contribution in [-0.2, 0) is 15.7 Å². The Hall–Kier alpha value is -2.41. The molecule has 0 fully saturated rings. The van der Waals surface area contributed by atoms with E-state index in [0.717, 1.165) is 22.8 Å². The molecular weight excluding hydrogens is 374 g/mol. The van der Waals surface area contributed by atoms with Gasteiger partial charge >= 0.3 is 12.1 Å². The molecule has 0 aromatic heterocycles. The van der Waals surface area contributed by atoms with E-state index in [2.05, 4.69) is 0 Å². The number of carbonyl (C=O) groups excluding carboxylic acids is 1. The van der Waals surface area contributed by atoms with E-state index in [0.29, 0.717) is 5.56 Å². The summed E-state index contributed by atoms with van der Waals surface area (Å²) in [6, 6.07) is 4.51. The molecule has 152 valence electrons. The summed E-state index contributed by atoms with van der Waals surface area (Å²) in [5.41, 5.74) is 7.40. The van der Waals surface area contributed by atoms with Crippen LogP contribution in [0.15, 0.2) is 24.3 Å². The molecule has 0 spiro atoms. The molecule has 3 nitrogen and oxygen atoms in total. The molecule has 2 aromatic rings. The lowest BCUT2D eigenvalue weighted by atomic mass is 9.89. The van der Waals surface area contributed by atoms with Gasteiger partial charge in [0, 0.05) is 11.6 Å². The van der Waals surface area contributed by atoms with Gasteiger partial charge in [0.05, 0.1) is 18.6 Å². The number of benzene rings is 2. The number of esters is 1. The maximum absolute atomic E-state index is 14.7. The summed E-state index contributed by atoms with van der Waals surface area (Å²) in [6.45, 7) is 7.14. The molecule has 0 unspecified atom stereocenters. The van der Waals surface area contributed by atoms with Gasteiger partial charge in [0.1, 0.15) is 5.82 Å². The van der Waals surface area contributed by atoms with Crippen LogP contribution in [0.5, 0.6) is 0 Å². The number of halogens is 4. The number of hydrogen-bond donors (Lipinski definition) is 1. The molecule has 1 atom stereocenters. The van der Waals surface area contributed by atoms with Crippen LogP contribution in [0.2, 0.25) is 0 Å². The molecule has 0 aliphatic rings. The quantitative estimate of drug-likeness (QED) is 0.544. The number of aryl methyl sites for hydroxylation is 3. The molecule has 0 aliphatic carbocycles. The van der Waals surface area contributed by atoms with Crippen molar-refractivity contribution >= 4 is 5.97 Å². The van der Waals surface area contributed by atoms with E-state index < -0.39 is 36.0 Å². The van der Waals surface area contributed by atoms with Crippen LogP contribution in [0.25, 0.3) is 11.1 Å². The Morgan fingerprint density at radius 2 is 1.68 bits per heavy atom. The third kappa shape index (κ3) is 4.70. The van der Waals surface area contributed by atoms with Crippen LogP contribution >= 0.6 is 0 Å². The van der Waals surface area contributed by atoms with Crippen LogP contribution in [-0.4, -0.2) is 12.6 Å². The monoisotopic (exact) mass is 397 g/mol. The predicted octanol–water partition coefficient (Wildman–Crippen LogP) is 5.39. The lowest BCUT2D eigenvalue weighted by Gasteiger charge is -2.20. The highest BCUT2D eigenvalue weighted by Gasteiger charge is 2.37. The van der Waals surface area contributed by atoms with Crippen LogP contribution in [0, 0.1) is 26.6 Å². The molecule has 0 amide bonds. The summed E-state index contributed by atoms with van der Waals surface area (Å²) in [6.07, 6.45) is -5.32. The minimum atomic E-state index is -4.90. The van der Waals surface area contributed by atoms with Gasteiger partial charge in [-0.25, -0.2) is 4.39 Å². The van der Waals surface area contributed by atoms with Crippen LogP contribution < -0.4 is 5.73 Å². The second-order valence-corrected chi connectivity index (χ2v) is 6.81. The largest absolute Gasteiger partial charge is 0.466 e. The smallest absolute Gasteiger partial charge is 0.419 e. The summed E-state index contributed by atoms with van der Waals surface area (Å²) >= 11 is 0. The van der Waals surface area contributed by atoms with E-state index in [4.69, 9.17) is 10.5 Å². The van der Waals surface area contributed by atoms with Crippen molar-refractivity contribution in [3.8, 4) is 11.1 Å². The Morgan fingerprint density at radius 1 is 1.11 bits per heavy atom. The average molecular weight is 397 g/mol. The van der Waals surface area contributed by atoms with Gasteiger partial charge < -0.3 is 10.5 Å². The Balaban J connectivity index is 2.67. The summed E-state index contributed by atoms with van der Waals surface area (Å²) in [7, 11) is 0. The summed E-state index contributed by atoms with van der Waals surface area (Å²) in [5, 5.41) is 0. The fraction of sp³-hybridized carbons (Fsp3) is 0.381. The molecular formula is C21H23F4NO2. The SMILES string of the molecule is CCOC(=O)C[C@H](N)c1cc(-c2c(C)cc(C)cc2C)cc(C(F)(F)F)c1F. The van der Waals surface area contributed by atoms with Gasteiger partial charge in [-0.1, -0.05) is 17.7 Å². The highest BCUT2D eigenvalue weighted by Crippen LogP contribution is 2.39. The van der Waals surface area contributed by atoms with Gasteiger partial charge in [0.25, 0.3) is 0 Å². The minimum Gasteiger partial charge on any atom is -0.466 e. The van der Waals surface area contributed by atoms with Crippen molar-refractivity contribution in [3.05, 3.63) is 57.9 Å². The maximum Gasteiger partial charge on any atom is 0.419 e. The van der Waals surface area contributed by atoms with Crippen molar-refractivity contribution in [2.45, 2.75) is 46.3 Å². The topological polar surface area (TPSA) is 52.3 Å². The second-order valence-electron chi connectivity index (χ2n) is 6.81. The van der Waals surface area contributed by atoms with Crippen molar-refractivity contribution in [2.75, 3.05) is 6.61 Å². The van der Waals surface area contributed by atoms with Crippen molar-refractivity contribution in [3.63, 3.8) is 0 Å². The van der Waals surface area contributed by atoms with Gasteiger partial charge in [-0.2, -0.15) is 13.2 Å². The first kappa shape index (κ1) is 21.9. The number of rotatable bonds is 5. The third-order valence-electron chi connectivity index (χ3n) is 4.46. The fourth-order valence-electron chi connectivity index (χ4n) is 3.41. The highest BCUT2D eigenvalue weighted by atomic mass is 19.4. The Bertz CT molecular complexity index is 868. The molecule has 0 saturated heterocycles. The molecule has 0 aliphatic heterocycles. The first-order valence-electron chi connectivity index (χ1n) is 8.85. The molecule has 2 aromatic carbocycles. The molecule has 0 saturated carbocycles. The average Bonchev–Trinajstić information content (AvgIpc) is 2.54. The van der Waals surface area contributed by atoms with Gasteiger partial charge in [-0.3, -0.25) is 4.79 Å². The van der Waals surface area contributed by atoms with Crippen molar-refractivity contribution in [2.24, 2.45) is 5.73 Å². The van der Waals surface area contributed by atoms with Gasteiger partial charge in [-0.05, 0) is 62.1 Å². The minimum absolute atomic E-state index is 0.101. The number of hydrogen-bond acceptors (Lipinski definition) is 3. The van der Waals surface area contributed by atoms with Gasteiger partial charge in [0.15, 0.2) is 0 Å². The zero-order valence-corrected chi connectivity index (χ0v) is 16.2. The van der Waals surface area contributed by atoms with Crippen LogP contribution in [0.1, 0.15) is 47.2 Å². The molecule has 0 bridgehead atoms. The molecule has 7 heteroatoms. The Labute approximate surface area is 161 Å². The van der Waals surface area contributed by atoms with E-state index in [9.17, 15) is 22.4 Å². The van der Waals surface area contributed by atoms with Crippen LogP contribution in [0.4, 0.5) is 17.6 Å². The lowest BCUT2D eigenvalue weighted by molar-refractivity contribution is -0.143. The van der Waals surface area contributed by atoms with Crippen molar-refractivity contribution in [1.29, 1.82) is 0 Å². The van der Waals surface area contributed by atoms with Crippen molar-refractivity contribution < 1.29 is 27.1 Å². The molecule has 28 heavy (non-hydrogen) atoms. The number of nitrogens with two attached hydrogens (primary N) is 1. The van der Waals surface area contributed by atoms with E-state index in [-0.39, 0.29) is 17.7 Å². The number of alkyl halides is 3. The molecule has 0 radical (unpaired) electrons. The van der Waals surface area contributed by atoms with Crippen LogP contribution in [0.3, 0.4) is 0 Å². The van der Waals surface area contributed by atoms with Gasteiger partial charge in [-0.15, -0.1) is 0 Å². The number of ether oxygens (including phenoxy) is 1. The molecule has 0 heterocycles. The Kier molecular flexibility index (Phi) is 6.49. The Morgan fingerprint density at radius 3 is 2.18 bits per heavy atom. The molecule has 2 N–H and O–H groups in total. The first-order chi connectivity index (χ1) is 13.0. The normalized spacial score (nSPS) is 12.8. The van der Waals surface area contributed by atoms with E-state index in [1.807, 2.05) is 19.1 Å². The van der Waals surface area contributed by atoms with Gasteiger partial charge in [0.2, 0.25) is 0 Å². The molecule has 2 rings (SSSR count). The number of carbonyl (C=O) groups is 1. The van der Waals surface area contributed by atoms with E-state index in [1.54, 1.807) is 20.8 Å². The second kappa shape index (κ2) is 8.31. The first-order valence-corrected chi connectivity index (χ1v) is 8.85. The van der Waals surface area contributed by atoms with Crippen molar-refractivity contribution in [1.82, 2.24) is 0 Å². The highest BCUT2D eigenvalue weighted by molar-refractivity contribution is 5.74. The third-order valence-corrected chi connectivity index (χ3v) is 4.46. The summed E-state index contributed by atoms with van der Waals surface area (Å²) < 4.78 is 59.8. The fourth-order valence-corrected chi connectivity index (χ4v) is 3.41. The predicted molar refractivity (Wildman–Crippen MR) is 99.2 cm³/mol. The zero-order chi connectivity index (χ0) is 21.2. The zero-order valence-electron chi connectivity index (χ0n) is 16.2. The van der Waals surface area contributed by atoms with E-state index in [1.165, 1.54) is 6.07 Å². The van der Waals surface area contributed by atoms with E-state index >= 15 is 0 Å². The summed E-state index contributed by atoms with van der Waals surface area (Å²) in [4.78, 5) is 11.7. The summed E-state index contributed by atoms with van der Waals surface area (Å²) in [5.74, 6) is -2.16. The standard InChI is InChI=1S/C21H23F4NO2/c1-5-28-18(27)10-17(26)15-8-14(9-16(20(15)22)21(23,24)25)19-12(3)6-11(2)7-13(19)4/h6-9,17H,5,10,26H2,1-4H3/t17-/m0/s1.